The van der Waals surface area contributed by atoms with Gasteiger partial charge in [0.25, 0.3) is 5.91 Å². The zero-order chi connectivity index (χ0) is 22.2. The number of aromatic nitrogens is 3. The highest BCUT2D eigenvalue weighted by molar-refractivity contribution is 6.04. The number of alkyl halides is 3. The van der Waals surface area contributed by atoms with Gasteiger partial charge in [-0.25, -0.2) is 14.8 Å². The predicted molar refractivity (Wildman–Crippen MR) is 103 cm³/mol. The molecule has 0 aliphatic carbocycles. The number of aliphatic hydroxyl groups excluding tert-OH is 1. The van der Waals surface area contributed by atoms with Gasteiger partial charge < -0.3 is 15.3 Å². The number of aliphatic hydroxyl groups is 1. The van der Waals surface area contributed by atoms with E-state index in [0.29, 0.717) is 25.2 Å². The zero-order valence-corrected chi connectivity index (χ0v) is 16.0. The van der Waals surface area contributed by atoms with Crippen LogP contribution in [0.15, 0.2) is 30.7 Å². The Hall–Kier alpha value is -3.48. The van der Waals surface area contributed by atoms with Crippen LogP contribution in [0, 0.1) is 0 Å². The maximum Gasteiger partial charge on any atom is 0.410 e. The second kappa shape index (κ2) is 7.98. The summed E-state index contributed by atoms with van der Waals surface area (Å²) in [7, 11) is 0. The number of nitrogens with zero attached hydrogens (tertiary/aromatic N) is 5. The molecule has 1 fully saturated rings. The van der Waals surface area contributed by atoms with E-state index in [1.54, 1.807) is 11.4 Å². The Morgan fingerprint density at radius 1 is 1.29 bits per heavy atom. The van der Waals surface area contributed by atoms with Gasteiger partial charge in [-0.1, -0.05) is 0 Å². The van der Waals surface area contributed by atoms with Crippen molar-refractivity contribution >= 4 is 29.3 Å². The number of carbonyl (C=O) groups is 2. The van der Waals surface area contributed by atoms with Crippen molar-refractivity contribution < 1.29 is 27.9 Å². The molecule has 3 N–H and O–H groups in total. The molecule has 2 aromatic heterocycles. The van der Waals surface area contributed by atoms with Crippen molar-refractivity contribution in [2.45, 2.75) is 24.7 Å². The van der Waals surface area contributed by atoms with E-state index in [9.17, 15) is 22.8 Å². The quantitative estimate of drug-likeness (QED) is 0.656. The van der Waals surface area contributed by atoms with Crippen molar-refractivity contribution in [3.05, 3.63) is 36.4 Å². The van der Waals surface area contributed by atoms with Gasteiger partial charge in [-0.2, -0.15) is 13.2 Å². The summed E-state index contributed by atoms with van der Waals surface area (Å²) in [6.07, 6.45) is 0.0788. The highest BCUT2D eigenvalue weighted by atomic mass is 19.4. The summed E-state index contributed by atoms with van der Waals surface area (Å²) in [6.45, 7) is -0.0715. The number of pyridine rings is 1. The molecule has 1 saturated heterocycles. The van der Waals surface area contributed by atoms with Gasteiger partial charge in [0.2, 0.25) is 0 Å². The van der Waals surface area contributed by atoms with E-state index in [4.69, 9.17) is 5.11 Å². The highest BCUT2D eigenvalue weighted by Gasteiger charge is 2.42. The summed E-state index contributed by atoms with van der Waals surface area (Å²) < 4.78 is 38.6. The van der Waals surface area contributed by atoms with Gasteiger partial charge in [-0.15, -0.1) is 0 Å². The molecular weight excluding hydrogens is 419 g/mol. The van der Waals surface area contributed by atoms with Crippen LogP contribution in [0.1, 0.15) is 16.9 Å². The molecular formula is C18H18F3N7O3. The number of amides is 3. The first-order chi connectivity index (χ1) is 14.8. The Bertz CT molecular complexity index is 989. The molecule has 3 amide bonds. The Balaban J connectivity index is 1.63. The van der Waals surface area contributed by atoms with Crippen molar-refractivity contribution in [3.8, 4) is 0 Å². The van der Waals surface area contributed by atoms with Crippen LogP contribution in [0.4, 0.5) is 35.3 Å². The highest BCUT2D eigenvalue weighted by Crippen LogP contribution is 2.39. The molecule has 10 nitrogen and oxygen atoms in total. The third-order valence-corrected chi connectivity index (χ3v) is 5.08. The molecule has 4 heterocycles. The molecule has 164 valence electrons. The average Bonchev–Trinajstić information content (AvgIpc) is 3.15. The summed E-state index contributed by atoms with van der Waals surface area (Å²) >= 11 is 0. The first kappa shape index (κ1) is 20.8. The smallest absolute Gasteiger partial charge is 0.394 e. The van der Waals surface area contributed by atoms with Gasteiger partial charge in [0, 0.05) is 25.5 Å². The molecule has 2 atom stereocenters. The molecule has 2 aromatic rings. The second-order valence-corrected chi connectivity index (χ2v) is 7.07. The molecule has 4 rings (SSSR count). The fourth-order valence-electron chi connectivity index (χ4n) is 3.59. The fourth-order valence-corrected chi connectivity index (χ4v) is 3.59. The minimum atomic E-state index is -4.81. The van der Waals surface area contributed by atoms with Crippen molar-refractivity contribution in [3.63, 3.8) is 0 Å². The van der Waals surface area contributed by atoms with Gasteiger partial charge in [-0.05, 0) is 18.6 Å². The largest absolute Gasteiger partial charge is 0.410 e. The lowest BCUT2D eigenvalue weighted by Crippen LogP contribution is -2.49. The van der Waals surface area contributed by atoms with E-state index in [0.717, 1.165) is 0 Å². The number of carbonyl (C=O) groups excluding carboxylic acids is 2. The van der Waals surface area contributed by atoms with Gasteiger partial charge >= 0.3 is 12.2 Å². The number of hydrogen-bond acceptors (Lipinski definition) is 7. The molecule has 31 heavy (non-hydrogen) atoms. The summed E-state index contributed by atoms with van der Waals surface area (Å²) in [6, 6.07) is -0.356. The number of halogens is 3. The van der Waals surface area contributed by atoms with Crippen molar-refractivity contribution in [2.24, 2.45) is 0 Å². The van der Waals surface area contributed by atoms with Crippen LogP contribution in [0.5, 0.6) is 0 Å². The number of anilines is 3. The van der Waals surface area contributed by atoms with E-state index < -0.39 is 30.8 Å². The fraction of sp³-hybridized carbons (Fsp3) is 0.389. The van der Waals surface area contributed by atoms with E-state index in [1.807, 2.05) is 4.90 Å². The molecule has 2 bridgehead atoms. The lowest BCUT2D eigenvalue weighted by molar-refractivity contribution is -0.161. The van der Waals surface area contributed by atoms with Crippen LogP contribution in [0.3, 0.4) is 0 Å². The van der Waals surface area contributed by atoms with Crippen LogP contribution in [-0.4, -0.2) is 70.0 Å². The SMILES string of the molecule is O=C(N[C@H](CO)C(F)(F)F)c1ccc2c(n1)N(C(=O)Nc1cnccn1)[C@H]1CCN2C1. The summed E-state index contributed by atoms with van der Waals surface area (Å²) in [4.78, 5) is 40.8. The summed E-state index contributed by atoms with van der Waals surface area (Å²) in [5.41, 5.74) is 0.287. The minimum absolute atomic E-state index is 0.162. The third-order valence-electron chi connectivity index (χ3n) is 5.08. The van der Waals surface area contributed by atoms with Crippen LogP contribution in [-0.2, 0) is 0 Å². The standard InChI is InChI=1S/C18H18F3N7O3/c19-18(20,21)13(9-29)25-16(30)11-1-2-12-15(24-11)28(10-3-6-27(12)8-10)17(31)26-14-7-22-4-5-23-14/h1-2,4-5,7,10,13,29H,3,6,8-9H2,(H,25,30)(H,23,26,31)/t10-,13+/m0/s1. The zero-order valence-electron chi connectivity index (χ0n) is 16.0. The normalized spacial score (nSPS) is 18.4. The van der Waals surface area contributed by atoms with Crippen LogP contribution in [0.2, 0.25) is 0 Å². The maximum atomic E-state index is 13.0. The number of hydrogen-bond donors (Lipinski definition) is 3. The van der Waals surface area contributed by atoms with E-state index in [-0.39, 0.29) is 23.4 Å². The van der Waals surface area contributed by atoms with Gasteiger partial charge in [-0.3, -0.25) is 20.0 Å². The summed E-state index contributed by atoms with van der Waals surface area (Å²) in [5, 5.41) is 13.3. The molecule has 0 saturated carbocycles. The lowest BCUT2D eigenvalue weighted by Gasteiger charge is -2.35. The Morgan fingerprint density at radius 3 is 2.77 bits per heavy atom. The van der Waals surface area contributed by atoms with E-state index in [1.165, 1.54) is 29.6 Å². The van der Waals surface area contributed by atoms with E-state index in [2.05, 4.69) is 20.3 Å². The molecule has 13 heteroatoms. The maximum absolute atomic E-state index is 13.0. The Kier molecular flexibility index (Phi) is 5.35. The first-order valence-corrected chi connectivity index (χ1v) is 9.38. The van der Waals surface area contributed by atoms with E-state index >= 15 is 0 Å². The Morgan fingerprint density at radius 2 is 2.10 bits per heavy atom. The lowest BCUT2D eigenvalue weighted by atomic mass is 10.1. The molecule has 0 radical (unpaired) electrons. The van der Waals surface area contributed by atoms with Crippen LogP contribution in [0.25, 0.3) is 0 Å². The topological polar surface area (TPSA) is 124 Å². The third kappa shape index (κ3) is 4.08. The van der Waals surface area contributed by atoms with Crippen LogP contribution >= 0.6 is 0 Å². The molecule has 0 unspecified atom stereocenters. The molecule has 0 spiro atoms. The van der Waals surface area contributed by atoms with Gasteiger partial charge in [0.05, 0.1) is 24.5 Å². The predicted octanol–water partition coefficient (Wildman–Crippen LogP) is 1.16. The number of fused-ring (bicyclic) bond motifs is 4. The monoisotopic (exact) mass is 437 g/mol. The number of urea groups is 1. The molecule has 2 aliphatic rings. The number of rotatable bonds is 4. The first-order valence-electron chi connectivity index (χ1n) is 9.38. The van der Waals surface area contributed by atoms with Gasteiger partial charge in [0.15, 0.2) is 11.6 Å². The number of nitrogens with one attached hydrogen (secondary N) is 2. The minimum Gasteiger partial charge on any atom is -0.394 e. The average molecular weight is 437 g/mol. The second-order valence-electron chi connectivity index (χ2n) is 7.07. The van der Waals surface area contributed by atoms with Crippen LogP contribution < -0.4 is 20.4 Å². The summed E-state index contributed by atoms with van der Waals surface area (Å²) in [5.74, 6) is -0.726. The molecule has 2 aliphatic heterocycles. The van der Waals surface area contributed by atoms with Crippen molar-refractivity contribution in [2.75, 3.05) is 34.8 Å². The van der Waals surface area contributed by atoms with Crippen molar-refractivity contribution in [1.82, 2.24) is 20.3 Å². The Labute approximate surface area is 174 Å². The van der Waals surface area contributed by atoms with Gasteiger partial charge in [0.1, 0.15) is 11.7 Å². The molecule has 0 aromatic carbocycles. The van der Waals surface area contributed by atoms with Crippen molar-refractivity contribution in [1.29, 1.82) is 0 Å².